The fourth-order valence-corrected chi connectivity index (χ4v) is 2.64. The summed E-state index contributed by atoms with van der Waals surface area (Å²) >= 11 is 0. The summed E-state index contributed by atoms with van der Waals surface area (Å²) in [6, 6.07) is 24.2. The molecule has 0 amide bonds. The number of ether oxygens (including phenoxy) is 2. The molecular formula is C22H24N2O2. The summed E-state index contributed by atoms with van der Waals surface area (Å²) in [5.74, 6) is 1.48. The Hall–Kier alpha value is -2.98. The highest BCUT2D eigenvalue weighted by molar-refractivity contribution is 5.44. The first-order chi connectivity index (χ1) is 12.8. The van der Waals surface area contributed by atoms with Crippen molar-refractivity contribution in [3.8, 4) is 11.5 Å². The molecule has 134 valence electrons. The molecule has 0 aromatic heterocycles. The predicted octanol–water partition coefficient (Wildman–Crippen LogP) is 4.70. The van der Waals surface area contributed by atoms with Crippen molar-refractivity contribution in [2.24, 2.45) is 0 Å². The van der Waals surface area contributed by atoms with E-state index in [0.717, 1.165) is 22.7 Å². The van der Waals surface area contributed by atoms with E-state index in [1.807, 2.05) is 60.7 Å². The molecule has 3 aromatic rings. The standard InChI is InChI=1S/C22H24N2O2/c1-17-8-6-7-9-19(17)16-26-22-14-18(12-13-21(22)25-2)15-23-24-20-10-4-3-5-11-20/h3-14,23-24H,15-16H2,1-2H3. The fourth-order valence-electron chi connectivity index (χ4n) is 2.64. The monoisotopic (exact) mass is 348 g/mol. The number of benzene rings is 3. The van der Waals surface area contributed by atoms with Gasteiger partial charge in [-0.1, -0.05) is 48.5 Å². The van der Waals surface area contributed by atoms with Crippen LogP contribution in [0.1, 0.15) is 16.7 Å². The number of aryl methyl sites for hydroxylation is 1. The minimum atomic E-state index is 0.516. The van der Waals surface area contributed by atoms with Crippen LogP contribution in [0.5, 0.6) is 11.5 Å². The lowest BCUT2D eigenvalue weighted by molar-refractivity contribution is 0.283. The summed E-state index contributed by atoms with van der Waals surface area (Å²) in [7, 11) is 1.66. The molecule has 0 aliphatic carbocycles. The SMILES string of the molecule is COc1ccc(CNNc2ccccc2)cc1OCc1ccccc1C. The quantitative estimate of drug-likeness (QED) is 0.579. The third-order valence-corrected chi connectivity index (χ3v) is 4.17. The lowest BCUT2D eigenvalue weighted by Crippen LogP contribution is -2.20. The highest BCUT2D eigenvalue weighted by atomic mass is 16.5. The average molecular weight is 348 g/mol. The van der Waals surface area contributed by atoms with Gasteiger partial charge in [-0.15, -0.1) is 0 Å². The van der Waals surface area contributed by atoms with Crippen molar-refractivity contribution in [3.63, 3.8) is 0 Å². The van der Waals surface area contributed by atoms with Crippen LogP contribution < -0.4 is 20.3 Å². The van der Waals surface area contributed by atoms with Gasteiger partial charge in [0.05, 0.1) is 7.11 Å². The number of nitrogens with one attached hydrogen (secondary N) is 2. The van der Waals surface area contributed by atoms with Gasteiger partial charge in [-0.3, -0.25) is 0 Å². The molecule has 0 saturated heterocycles. The number of rotatable bonds is 8. The molecule has 2 N–H and O–H groups in total. The first-order valence-corrected chi connectivity index (χ1v) is 8.64. The first-order valence-electron chi connectivity index (χ1n) is 8.64. The number of methoxy groups -OCH3 is 1. The Morgan fingerprint density at radius 3 is 2.38 bits per heavy atom. The zero-order chi connectivity index (χ0) is 18.2. The summed E-state index contributed by atoms with van der Waals surface area (Å²) in [4.78, 5) is 0. The molecule has 0 bridgehead atoms. The first kappa shape index (κ1) is 17.8. The molecule has 0 saturated carbocycles. The van der Waals surface area contributed by atoms with Crippen molar-refractivity contribution in [3.05, 3.63) is 89.5 Å². The lowest BCUT2D eigenvalue weighted by atomic mass is 10.1. The Kier molecular flexibility index (Phi) is 6.12. The molecule has 0 aliphatic rings. The number of hydrogen-bond donors (Lipinski definition) is 2. The zero-order valence-corrected chi connectivity index (χ0v) is 15.2. The van der Waals surface area contributed by atoms with E-state index < -0.39 is 0 Å². The molecule has 4 nitrogen and oxygen atoms in total. The van der Waals surface area contributed by atoms with Crippen molar-refractivity contribution in [1.82, 2.24) is 5.43 Å². The van der Waals surface area contributed by atoms with Gasteiger partial charge in [-0.05, 0) is 47.9 Å². The van der Waals surface area contributed by atoms with Crippen LogP contribution >= 0.6 is 0 Å². The largest absolute Gasteiger partial charge is 0.493 e. The molecule has 3 aromatic carbocycles. The normalized spacial score (nSPS) is 10.4. The van der Waals surface area contributed by atoms with Gasteiger partial charge in [0, 0.05) is 12.2 Å². The molecular weight excluding hydrogens is 324 g/mol. The Morgan fingerprint density at radius 1 is 0.846 bits per heavy atom. The zero-order valence-electron chi connectivity index (χ0n) is 15.2. The van der Waals surface area contributed by atoms with Gasteiger partial charge in [-0.25, -0.2) is 5.43 Å². The summed E-state index contributed by atoms with van der Waals surface area (Å²) < 4.78 is 11.5. The smallest absolute Gasteiger partial charge is 0.161 e. The van der Waals surface area contributed by atoms with E-state index in [2.05, 4.69) is 29.9 Å². The highest BCUT2D eigenvalue weighted by Crippen LogP contribution is 2.29. The van der Waals surface area contributed by atoms with Crippen LogP contribution in [0.4, 0.5) is 5.69 Å². The highest BCUT2D eigenvalue weighted by Gasteiger charge is 2.07. The average Bonchev–Trinajstić information content (AvgIpc) is 2.68. The maximum absolute atomic E-state index is 6.03. The topological polar surface area (TPSA) is 42.5 Å². The minimum Gasteiger partial charge on any atom is -0.493 e. The van der Waals surface area contributed by atoms with E-state index in [1.54, 1.807) is 7.11 Å². The van der Waals surface area contributed by atoms with Crippen LogP contribution in [0.25, 0.3) is 0 Å². The van der Waals surface area contributed by atoms with Gasteiger partial charge in [0.1, 0.15) is 6.61 Å². The molecule has 0 spiro atoms. The Labute approximate surface area is 154 Å². The third-order valence-electron chi connectivity index (χ3n) is 4.17. The second-order valence-electron chi connectivity index (χ2n) is 6.04. The van der Waals surface area contributed by atoms with Crippen LogP contribution in [-0.2, 0) is 13.2 Å². The molecule has 4 heteroatoms. The second kappa shape index (κ2) is 8.92. The summed E-state index contributed by atoms with van der Waals surface area (Å²) in [6.45, 7) is 3.27. The van der Waals surface area contributed by atoms with E-state index in [4.69, 9.17) is 9.47 Å². The summed E-state index contributed by atoms with van der Waals surface area (Å²) in [5.41, 5.74) is 10.9. The van der Waals surface area contributed by atoms with Gasteiger partial charge < -0.3 is 14.9 Å². The molecule has 0 fully saturated rings. The van der Waals surface area contributed by atoms with Crippen molar-refractivity contribution in [1.29, 1.82) is 0 Å². The summed E-state index contributed by atoms with van der Waals surface area (Å²) in [6.07, 6.45) is 0. The van der Waals surface area contributed by atoms with Gasteiger partial charge in [0.2, 0.25) is 0 Å². The molecule has 0 atom stereocenters. The van der Waals surface area contributed by atoms with Crippen LogP contribution in [0.15, 0.2) is 72.8 Å². The van der Waals surface area contributed by atoms with Crippen molar-refractivity contribution >= 4 is 5.69 Å². The number of hydrogen-bond acceptors (Lipinski definition) is 4. The molecule has 26 heavy (non-hydrogen) atoms. The van der Waals surface area contributed by atoms with Crippen molar-refractivity contribution < 1.29 is 9.47 Å². The van der Waals surface area contributed by atoms with E-state index in [9.17, 15) is 0 Å². The Balaban J connectivity index is 1.63. The Bertz CT molecular complexity index is 835. The molecule has 0 radical (unpaired) electrons. The Morgan fingerprint density at radius 2 is 1.62 bits per heavy atom. The van der Waals surface area contributed by atoms with Gasteiger partial charge in [-0.2, -0.15) is 0 Å². The maximum Gasteiger partial charge on any atom is 0.161 e. The van der Waals surface area contributed by atoms with Gasteiger partial charge >= 0.3 is 0 Å². The van der Waals surface area contributed by atoms with E-state index in [1.165, 1.54) is 11.1 Å². The molecule has 3 rings (SSSR count). The number of hydrazine groups is 1. The van der Waals surface area contributed by atoms with E-state index in [0.29, 0.717) is 13.2 Å². The maximum atomic E-state index is 6.03. The minimum absolute atomic E-state index is 0.516. The van der Waals surface area contributed by atoms with E-state index >= 15 is 0 Å². The van der Waals surface area contributed by atoms with Crippen molar-refractivity contribution in [2.45, 2.75) is 20.1 Å². The van der Waals surface area contributed by atoms with Crippen molar-refractivity contribution in [2.75, 3.05) is 12.5 Å². The second-order valence-corrected chi connectivity index (χ2v) is 6.04. The molecule has 0 heterocycles. The lowest BCUT2D eigenvalue weighted by Gasteiger charge is -2.14. The van der Waals surface area contributed by atoms with Gasteiger partial charge in [0.15, 0.2) is 11.5 Å². The van der Waals surface area contributed by atoms with Crippen LogP contribution in [-0.4, -0.2) is 7.11 Å². The number of anilines is 1. The predicted molar refractivity (Wildman–Crippen MR) is 105 cm³/mol. The molecule has 0 unspecified atom stereocenters. The molecule has 0 aliphatic heterocycles. The summed E-state index contributed by atoms with van der Waals surface area (Å²) in [5, 5.41) is 0. The third kappa shape index (κ3) is 4.77. The van der Waals surface area contributed by atoms with Crippen LogP contribution in [0.3, 0.4) is 0 Å². The van der Waals surface area contributed by atoms with Crippen LogP contribution in [0.2, 0.25) is 0 Å². The van der Waals surface area contributed by atoms with E-state index in [-0.39, 0.29) is 0 Å². The fraction of sp³-hybridized carbons (Fsp3) is 0.182. The number of para-hydroxylation sites is 1. The van der Waals surface area contributed by atoms with Gasteiger partial charge in [0.25, 0.3) is 0 Å². The van der Waals surface area contributed by atoms with Crippen LogP contribution in [0, 0.1) is 6.92 Å².